The molecule has 0 aromatic carbocycles. The maximum absolute atomic E-state index is 4.39. The van der Waals surface area contributed by atoms with Crippen LogP contribution in [0.5, 0.6) is 0 Å². The van der Waals surface area contributed by atoms with Crippen molar-refractivity contribution >= 4 is 0 Å². The first-order valence-electron chi connectivity index (χ1n) is 6.43. The van der Waals surface area contributed by atoms with E-state index >= 15 is 0 Å². The van der Waals surface area contributed by atoms with Gasteiger partial charge in [-0.2, -0.15) is 5.10 Å². The minimum absolute atomic E-state index is 0.707. The monoisotopic (exact) mass is 242 g/mol. The first-order chi connectivity index (χ1) is 8.72. The molecule has 3 rings (SSSR count). The normalized spacial score (nSPS) is 15.0. The van der Waals surface area contributed by atoms with Crippen LogP contribution in [-0.4, -0.2) is 20.8 Å². The van der Waals surface area contributed by atoms with Crippen LogP contribution >= 0.6 is 0 Å². The average Bonchev–Trinajstić information content (AvgIpc) is 3.09. The average molecular weight is 242 g/mol. The van der Waals surface area contributed by atoms with Gasteiger partial charge >= 0.3 is 0 Å². The van der Waals surface area contributed by atoms with E-state index in [1.54, 1.807) is 0 Å². The highest BCUT2D eigenvalue weighted by molar-refractivity contribution is 5.40. The molecule has 0 saturated heterocycles. The minimum Gasteiger partial charge on any atom is -0.310 e. The van der Waals surface area contributed by atoms with Crippen molar-refractivity contribution in [1.82, 2.24) is 20.1 Å². The number of rotatable bonds is 4. The molecule has 18 heavy (non-hydrogen) atoms. The van der Waals surface area contributed by atoms with Gasteiger partial charge in [0, 0.05) is 36.2 Å². The molecule has 2 aromatic heterocycles. The predicted octanol–water partition coefficient (Wildman–Crippen LogP) is 2.14. The zero-order valence-electron chi connectivity index (χ0n) is 10.8. The van der Waals surface area contributed by atoms with E-state index in [-0.39, 0.29) is 0 Å². The molecule has 0 aliphatic heterocycles. The van der Waals surface area contributed by atoms with Gasteiger partial charge in [-0.1, -0.05) is 0 Å². The third kappa shape index (κ3) is 2.43. The van der Waals surface area contributed by atoms with E-state index in [9.17, 15) is 0 Å². The number of hydrogen-bond acceptors (Lipinski definition) is 3. The molecular weight excluding hydrogens is 224 g/mol. The first kappa shape index (κ1) is 11.4. The van der Waals surface area contributed by atoms with Crippen molar-refractivity contribution in [1.29, 1.82) is 0 Å². The zero-order valence-corrected chi connectivity index (χ0v) is 10.8. The molecule has 0 amide bonds. The van der Waals surface area contributed by atoms with E-state index in [0.29, 0.717) is 6.04 Å². The molecule has 1 saturated carbocycles. The van der Waals surface area contributed by atoms with Gasteiger partial charge in [0.1, 0.15) is 0 Å². The highest BCUT2D eigenvalue weighted by Gasteiger charge is 2.20. The van der Waals surface area contributed by atoms with Crippen LogP contribution in [0, 0.1) is 13.8 Å². The molecular formula is C14H18N4. The quantitative estimate of drug-likeness (QED) is 0.893. The number of aryl methyl sites for hydroxylation is 2. The lowest BCUT2D eigenvalue weighted by Gasteiger charge is -2.10. The van der Waals surface area contributed by atoms with E-state index in [2.05, 4.69) is 34.6 Å². The Hall–Kier alpha value is -1.68. The van der Waals surface area contributed by atoms with Gasteiger partial charge in [0.15, 0.2) is 0 Å². The fourth-order valence-corrected chi connectivity index (χ4v) is 2.01. The maximum Gasteiger partial charge on any atom is 0.0724 e. The van der Waals surface area contributed by atoms with E-state index in [0.717, 1.165) is 17.9 Å². The second-order valence-electron chi connectivity index (χ2n) is 5.07. The standard InChI is InChI=1S/C14H18N4/c1-10-6-17-18(9-10)14-5-11(2)15-7-12(14)8-16-13-3-4-13/h5-7,9,13,16H,3-4,8H2,1-2H3. The summed E-state index contributed by atoms with van der Waals surface area (Å²) < 4.78 is 1.94. The van der Waals surface area contributed by atoms with Crippen LogP contribution in [0.15, 0.2) is 24.7 Å². The molecule has 4 nitrogen and oxygen atoms in total. The number of nitrogens with one attached hydrogen (secondary N) is 1. The van der Waals surface area contributed by atoms with Gasteiger partial charge in [0.05, 0.1) is 11.9 Å². The summed E-state index contributed by atoms with van der Waals surface area (Å²) in [6.07, 6.45) is 8.49. The lowest BCUT2D eigenvalue weighted by Crippen LogP contribution is -2.17. The number of nitrogens with zero attached hydrogens (tertiary/aromatic N) is 3. The van der Waals surface area contributed by atoms with Crippen LogP contribution in [0.2, 0.25) is 0 Å². The summed E-state index contributed by atoms with van der Waals surface area (Å²) >= 11 is 0. The smallest absolute Gasteiger partial charge is 0.0724 e. The number of aromatic nitrogens is 3. The van der Waals surface area contributed by atoms with Crippen molar-refractivity contribution in [2.75, 3.05) is 0 Å². The van der Waals surface area contributed by atoms with Gasteiger partial charge in [-0.05, 0) is 38.3 Å². The Bertz CT molecular complexity index is 555. The second-order valence-corrected chi connectivity index (χ2v) is 5.07. The Morgan fingerprint density at radius 2 is 2.17 bits per heavy atom. The minimum atomic E-state index is 0.707. The fraction of sp³-hybridized carbons (Fsp3) is 0.429. The summed E-state index contributed by atoms with van der Waals surface area (Å²) in [6, 6.07) is 2.80. The molecule has 0 bridgehead atoms. The lowest BCUT2D eigenvalue weighted by molar-refractivity contribution is 0.678. The van der Waals surface area contributed by atoms with Crippen molar-refractivity contribution in [3.8, 4) is 5.69 Å². The van der Waals surface area contributed by atoms with E-state index < -0.39 is 0 Å². The third-order valence-corrected chi connectivity index (χ3v) is 3.22. The second kappa shape index (κ2) is 4.53. The lowest BCUT2D eigenvalue weighted by atomic mass is 10.2. The van der Waals surface area contributed by atoms with Crippen LogP contribution in [-0.2, 0) is 6.54 Å². The third-order valence-electron chi connectivity index (χ3n) is 3.22. The summed E-state index contributed by atoms with van der Waals surface area (Å²) in [5.41, 5.74) is 4.53. The summed E-state index contributed by atoms with van der Waals surface area (Å²) in [5, 5.41) is 7.92. The molecule has 0 spiro atoms. The predicted molar refractivity (Wildman–Crippen MR) is 70.7 cm³/mol. The molecule has 94 valence electrons. The zero-order chi connectivity index (χ0) is 12.5. The van der Waals surface area contributed by atoms with Crippen molar-refractivity contribution < 1.29 is 0 Å². The maximum atomic E-state index is 4.39. The van der Waals surface area contributed by atoms with Gasteiger partial charge in [0.25, 0.3) is 0 Å². The molecule has 0 unspecified atom stereocenters. The summed E-state index contributed by atoms with van der Waals surface area (Å²) in [5.74, 6) is 0. The van der Waals surface area contributed by atoms with Crippen molar-refractivity contribution in [3.63, 3.8) is 0 Å². The molecule has 1 N–H and O–H groups in total. The van der Waals surface area contributed by atoms with Gasteiger partial charge in [0.2, 0.25) is 0 Å². The molecule has 2 aromatic rings. The number of pyridine rings is 1. The van der Waals surface area contributed by atoms with E-state index in [4.69, 9.17) is 0 Å². The van der Waals surface area contributed by atoms with E-state index in [1.807, 2.05) is 24.0 Å². The Morgan fingerprint density at radius 3 is 2.83 bits per heavy atom. The van der Waals surface area contributed by atoms with Gasteiger partial charge in [-0.3, -0.25) is 4.98 Å². The van der Waals surface area contributed by atoms with Crippen LogP contribution in [0.3, 0.4) is 0 Å². The molecule has 0 atom stereocenters. The fourth-order valence-electron chi connectivity index (χ4n) is 2.01. The van der Waals surface area contributed by atoms with Crippen LogP contribution in [0.25, 0.3) is 5.69 Å². The van der Waals surface area contributed by atoms with E-state index in [1.165, 1.54) is 24.0 Å². The molecule has 1 aliphatic carbocycles. The summed E-state index contributed by atoms with van der Waals surface area (Å²) in [7, 11) is 0. The van der Waals surface area contributed by atoms with Crippen LogP contribution in [0.1, 0.15) is 29.7 Å². The molecule has 0 radical (unpaired) electrons. The van der Waals surface area contributed by atoms with Crippen molar-refractivity contribution in [2.45, 2.75) is 39.3 Å². The molecule has 2 heterocycles. The van der Waals surface area contributed by atoms with Gasteiger partial charge in [-0.25, -0.2) is 4.68 Å². The summed E-state index contributed by atoms with van der Waals surface area (Å²) in [4.78, 5) is 4.39. The highest BCUT2D eigenvalue weighted by Crippen LogP contribution is 2.21. The van der Waals surface area contributed by atoms with Crippen molar-refractivity contribution in [2.24, 2.45) is 0 Å². The first-order valence-corrected chi connectivity index (χ1v) is 6.43. The topological polar surface area (TPSA) is 42.7 Å². The van der Waals surface area contributed by atoms with Crippen LogP contribution in [0.4, 0.5) is 0 Å². The Balaban J connectivity index is 1.91. The largest absolute Gasteiger partial charge is 0.310 e. The highest BCUT2D eigenvalue weighted by atomic mass is 15.3. The number of hydrogen-bond donors (Lipinski definition) is 1. The molecule has 1 fully saturated rings. The Kier molecular flexibility index (Phi) is 2.88. The van der Waals surface area contributed by atoms with Gasteiger partial charge in [-0.15, -0.1) is 0 Å². The van der Waals surface area contributed by atoms with Crippen molar-refractivity contribution in [3.05, 3.63) is 41.5 Å². The molecule has 1 aliphatic rings. The van der Waals surface area contributed by atoms with Crippen LogP contribution < -0.4 is 5.32 Å². The molecule has 4 heteroatoms. The SMILES string of the molecule is Cc1cnn(-c2cc(C)ncc2CNC2CC2)c1. The Morgan fingerprint density at radius 1 is 1.33 bits per heavy atom. The van der Waals surface area contributed by atoms with Gasteiger partial charge < -0.3 is 5.32 Å². The summed E-state index contributed by atoms with van der Waals surface area (Å²) in [6.45, 7) is 4.93. The Labute approximate surface area is 107 Å².